The lowest BCUT2D eigenvalue weighted by Gasteiger charge is -2.30. The molecule has 0 spiro atoms. The first-order chi connectivity index (χ1) is 22.5. The van der Waals surface area contributed by atoms with Gasteiger partial charge < -0.3 is 0 Å². The van der Waals surface area contributed by atoms with Crippen LogP contribution < -0.4 is 0 Å². The molecule has 5 aromatic carbocycles. The summed E-state index contributed by atoms with van der Waals surface area (Å²) in [6, 6.07) is 15.3. The number of amides is 4. The van der Waals surface area contributed by atoms with Crippen LogP contribution in [-0.4, -0.2) is 46.5 Å². The number of carbonyl (C=O) groups is 4. The van der Waals surface area contributed by atoms with Gasteiger partial charge in [0.25, 0.3) is 23.6 Å². The fourth-order valence-electron chi connectivity index (χ4n) is 7.87. The molecule has 0 saturated heterocycles. The van der Waals surface area contributed by atoms with E-state index in [-0.39, 0.29) is 23.6 Å². The second kappa shape index (κ2) is 12.5. The Balaban J connectivity index is 1.27. The number of unbranched alkanes of at least 4 members (excludes halogenated alkanes) is 10. The van der Waals surface area contributed by atoms with Crippen molar-refractivity contribution in [3.63, 3.8) is 0 Å². The second-order valence-electron chi connectivity index (χ2n) is 13.2. The molecule has 7 rings (SSSR count). The number of imide groups is 2. The molecule has 0 aromatic heterocycles. The van der Waals surface area contributed by atoms with E-state index in [1.807, 2.05) is 48.5 Å². The molecule has 236 valence electrons. The summed E-state index contributed by atoms with van der Waals surface area (Å²) in [6.45, 7) is 5.24. The molecule has 0 saturated carbocycles. The summed E-state index contributed by atoms with van der Waals surface area (Å²) >= 11 is 0. The molecule has 0 bridgehead atoms. The van der Waals surface area contributed by atoms with Gasteiger partial charge in [-0.2, -0.15) is 0 Å². The molecule has 0 atom stereocenters. The van der Waals surface area contributed by atoms with E-state index in [1.165, 1.54) is 48.3 Å². The van der Waals surface area contributed by atoms with Gasteiger partial charge in [-0.05, 0) is 69.4 Å². The maximum Gasteiger partial charge on any atom is 0.261 e. The summed E-state index contributed by atoms with van der Waals surface area (Å²) in [5.41, 5.74) is 2.24. The van der Waals surface area contributed by atoms with E-state index >= 15 is 0 Å². The topological polar surface area (TPSA) is 74.8 Å². The first kappa shape index (κ1) is 30.3. The summed E-state index contributed by atoms with van der Waals surface area (Å²) in [5.74, 6) is -0.917. The molecule has 0 N–H and O–H groups in total. The highest BCUT2D eigenvalue weighted by Gasteiger charge is 2.36. The number of benzene rings is 5. The molecule has 0 radical (unpaired) electrons. The van der Waals surface area contributed by atoms with E-state index in [2.05, 4.69) is 13.8 Å². The Labute approximate surface area is 270 Å². The van der Waals surface area contributed by atoms with Gasteiger partial charge in [0.15, 0.2) is 0 Å². The van der Waals surface area contributed by atoms with Crippen LogP contribution in [0.3, 0.4) is 0 Å². The predicted octanol–water partition coefficient (Wildman–Crippen LogP) is 9.65. The largest absolute Gasteiger partial charge is 0.274 e. The fourth-order valence-corrected chi connectivity index (χ4v) is 7.87. The van der Waals surface area contributed by atoms with E-state index in [0.29, 0.717) is 46.1 Å². The van der Waals surface area contributed by atoms with Gasteiger partial charge in [-0.3, -0.25) is 29.0 Å². The third-order valence-corrected chi connectivity index (χ3v) is 10.3. The third-order valence-electron chi connectivity index (χ3n) is 10.3. The van der Waals surface area contributed by atoms with Crippen molar-refractivity contribution in [1.29, 1.82) is 0 Å². The van der Waals surface area contributed by atoms with Gasteiger partial charge in [0.05, 0.1) is 0 Å². The summed E-state index contributed by atoms with van der Waals surface area (Å²) in [7, 11) is 0. The normalized spacial score (nSPS) is 14.7. The number of fused-ring (bicyclic) bond motifs is 2. The maximum atomic E-state index is 13.7. The molecular weight excluding hydrogens is 572 g/mol. The molecule has 46 heavy (non-hydrogen) atoms. The quantitative estimate of drug-likeness (QED) is 0.0540. The molecule has 4 amide bonds. The lowest BCUT2D eigenvalue weighted by atomic mass is 9.82. The van der Waals surface area contributed by atoms with Crippen LogP contribution in [0.2, 0.25) is 0 Å². The Hall–Kier alpha value is -4.32. The smallest absolute Gasteiger partial charge is 0.261 e. The van der Waals surface area contributed by atoms with Crippen LogP contribution in [0.15, 0.2) is 48.5 Å². The standard InChI is InChI=1S/C40H42N2O4/c1-3-5-7-9-11-13-23-41-37(43)29-19-15-25-27-17-21-31-36-32(40(46)42(39(31)45)24-14-12-10-8-6-4-2)22-18-28(34(27)36)26-16-20-30(38(41)44)35(29)33(25)26/h15-22H,3-14,23-24H2,1-2H3. The van der Waals surface area contributed by atoms with Crippen LogP contribution in [-0.2, 0) is 0 Å². The van der Waals surface area contributed by atoms with Crippen LogP contribution in [0.4, 0.5) is 0 Å². The molecule has 6 heteroatoms. The van der Waals surface area contributed by atoms with E-state index in [4.69, 9.17) is 0 Å². The Kier molecular flexibility index (Phi) is 8.22. The number of nitrogens with zero attached hydrogens (tertiary/aromatic N) is 2. The average Bonchev–Trinajstić information content (AvgIpc) is 3.07. The molecule has 0 unspecified atom stereocenters. The third kappa shape index (κ3) is 4.76. The van der Waals surface area contributed by atoms with Crippen molar-refractivity contribution >= 4 is 66.7 Å². The molecule has 2 aliphatic heterocycles. The number of carbonyl (C=O) groups excluding carboxylic acids is 4. The van der Waals surface area contributed by atoms with Gasteiger partial charge in [-0.15, -0.1) is 0 Å². The van der Waals surface area contributed by atoms with Gasteiger partial charge >= 0.3 is 0 Å². The minimum absolute atomic E-state index is 0.229. The van der Waals surface area contributed by atoms with Crippen LogP contribution in [0.1, 0.15) is 132 Å². The summed E-state index contributed by atoms with van der Waals surface area (Å²) in [4.78, 5) is 57.9. The molecule has 0 fully saturated rings. The van der Waals surface area contributed by atoms with Crippen molar-refractivity contribution in [2.24, 2.45) is 0 Å². The molecule has 0 aliphatic carbocycles. The van der Waals surface area contributed by atoms with Crippen molar-refractivity contribution in [3.8, 4) is 0 Å². The number of hydrogen-bond acceptors (Lipinski definition) is 4. The minimum Gasteiger partial charge on any atom is -0.274 e. The lowest BCUT2D eigenvalue weighted by molar-refractivity contribution is 0.0592. The van der Waals surface area contributed by atoms with Gasteiger partial charge in [-0.25, -0.2) is 0 Å². The van der Waals surface area contributed by atoms with Crippen molar-refractivity contribution < 1.29 is 19.2 Å². The molecule has 6 nitrogen and oxygen atoms in total. The van der Waals surface area contributed by atoms with Crippen molar-refractivity contribution in [2.75, 3.05) is 13.1 Å². The Morgan fingerprint density at radius 2 is 0.652 bits per heavy atom. The SMILES string of the molecule is CCCCCCCCN1C(=O)c2ccc3c4ccc5c6c(ccc(c7ccc(c2c37)C1=O)c64)C(=O)N(CCCCCCCC)C5=O. The average molecular weight is 615 g/mol. The predicted molar refractivity (Wildman–Crippen MR) is 185 cm³/mol. The maximum absolute atomic E-state index is 13.7. The minimum atomic E-state index is -0.229. The van der Waals surface area contributed by atoms with Crippen molar-refractivity contribution in [3.05, 3.63) is 70.8 Å². The van der Waals surface area contributed by atoms with Crippen LogP contribution >= 0.6 is 0 Å². The first-order valence-electron chi connectivity index (χ1n) is 17.4. The first-order valence-corrected chi connectivity index (χ1v) is 17.4. The number of rotatable bonds is 14. The molecular formula is C40H42N2O4. The van der Waals surface area contributed by atoms with Crippen molar-refractivity contribution in [1.82, 2.24) is 9.80 Å². The van der Waals surface area contributed by atoms with Gasteiger partial charge in [0.1, 0.15) is 0 Å². The monoisotopic (exact) mass is 614 g/mol. The fraction of sp³-hybridized carbons (Fsp3) is 0.400. The van der Waals surface area contributed by atoms with Crippen LogP contribution in [0.25, 0.3) is 43.1 Å². The lowest BCUT2D eigenvalue weighted by Crippen LogP contribution is -2.41. The van der Waals surface area contributed by atoms with E-state index < -0.39 is 0 Å². The summed E-state index contributed by atoms with van der Waals surface area (Å²) < 4.78 is 0. The van der Waals surface area contributed by atoms with Crippen LogP contribution in [0, 0.1) is 0 Å². The zero-order valence-corrected chi connectivity index (χ0v) is 27.0. The summed E-state index contributed by atoms with van der Waals surface area (Å²) in [6.07, 6.45) is 13.0. The molecule has 5 aromatic rings. The molecule has 2 aliphatic rings. The van der Waals surface area contributed by atoms with E-state index in [1.54, 1.807) is 0 Å². The van der Waals surface area contributed by atoms with Gasteiger partial charge in [0, 0.05) is 46.1 Å². The highest BCUT2D eigenvalue weighted by Crippen LogP contribution is 2.46. The second-order valence-corrected chi connectivity index (χ2v) is 13.2. The van der Waals surface area contributed by atoms with E-state index in [9.17, 15) is 19.2 Å². The van der Waals surface area contributed by atoms with E-state index in [0.717, 1.165) is 70.8 Å². The Bertz CT molecular complexity index is 1760. The molecule has 2 heterocycles. The highest BCUT2D eigenvalue weighted by atomic mass is 16.2. The Morgan fingerprint density at radius 1 is 0.370 bits per heavy atom. The Morgan fingerprint density at radius 3 is 0.957 bits per heavy atom. The zero-order valence-electron chi connectivity index (χ0n) is 27.0. The van der Waals surface area contributed by atoms with Crippen LogP contribution in [0.5, 0.6) is 0 Å². The highest BCUT2D eigenvalue weighted by molar-refractivity contribution is 6.41. The number of hydrogen-bond donors (Lipinski definition) is 0. The zero-order chi connectivity index (χ0) is 31.9. The van der Waals surface area contributed by atoms with Gasteiger partial charge in [0.2, 0.25) is 0 Å². The van der Waals surface area contributed by atoms with Gasteiger partial charge in [-0.1, -0.05) is 102 Å². The summed E-state index contributed by atoms with van der Waals surface area (Å²) in [5, 5.41) is 6.89. The van der Waals surface area contributed by atoms with Crippen molar-refractivity contribution in [2.45, 2.75) is 90.9 Å².